The maximum Gasteiger partial charge on any atom is 0.0494 e. The van der Waals surface area contributed by atoms with Gasteiger partial charge >= 0.3 is 0 Å². The van der Waals surface area contributed by atoms with Gasteiger partial charge in [0.1, 0.15) is 0 Å². The Kier molecular flexibility index (Phi) is 6.29. The molecule has 0 saturated carbocycles. The Bertz CT molecular complexity index is 126. The topological polar surface area (TPSA) is 43.7 Å². The van der Waals surface area contributed by atoms with Crippen molar-refractivity contribution in [1.82, 2.24) is 4.90 Å². The van der Waals surface area contributed by atoms with Gasteiger partial charge in [0, 0.05) is 31.7 Å². The molecule has 0 heterocycles. The normalized spacial score (nSPS) is 12.5. The molecular weight excluding hydrogens is 166 g/mol. The molecular formula is C10H23NO2. The highest BCUT2D eigenvalue weighted by Crippen LogP contribution is 2.15. The zero-order chi connectivity index (χ0) is 10.3. The molecule has 0 saturated heterocycles. The first-order valence-corrected chi connectivity index (χ1v) is 5.00. The van der Waals surface area contributed by atoms with Gasteiger partial charge in [0.25, 0.3) is 0 Å². The van der Waals surface area contributed by atoms with Crippen LogP contribution in [0.1, 0.15) is 27.2 Å². The van der Waals surface area contributed by atoms with E-state index in [2.05, 4.69) is 25.7 Å². The van der Waals surface area contributed by atoms with Crippen molar-refractivity contribution in [2.45, 2.75) is 27.2 Å². The van der Waals surface area contributed by atoms with Gasteiger partial charge < -0.3 is 15.1 Å². The van der Waals surface area contributed by atoms with Gasteiger partial charge in [0.15, 0.2) is 0 Å². The summed E-state index contributed by atoms with van der Waals surface area (Å²) >= 11 is 0. The van der Waals surface area contributed by atoms with E-state index in [4.69, 9.17) is 10.2 Å². The van der Waals surface area contributed by atoms with Gasteiger partial charge in [-0.25, -0.2) is 0 Å². The SMILES string of the molecule is CCN(CCCO)CC(C)(C)CO. The monoisotopic (exact) mass is 189 g/mol. The molecule has 2 N–H and O–H groups in total. The van der Waals surface area contributed by atoms with Crippen molar-refractivity contribution in [2.24, 2.45) is 5.41 Å². The highest BCUT2D eigenvalue weighted by Gasteiger charge is 2.19. The number of hydrogen-bond donors (Lipinski definition) is 2. The minimum atomic E-state index is -0.0362. The lowest BCUT2D eigenvalue weighted by Crippen LogP contribution is -2.37. The Morgan fingerprint density at radius 3 is 2.23 bits per heavy atom. The average Bonchev–Trinajstić information content (AvgIpc) is 2.12. The molecule has 0 aliphatic heterocycles. The zero-order valence-corrected chi connectivity index (χ0v) is 9.08. The first-order chi connectivity index (χ1) is 6.05. The molecule has 0 radical (unpaired) electrons. The van der Waals surface area contributed by atoms with Crippen LogP contribution in [0.15, 0.2) is 0 Å². The molecule has 0 aromatic heterocycles. The van der Waals surface area contributed by atoms with Gasteiger partial charge in [-0.2, -0.15) is 0 Å². The molecule has 0 amide bonds. The van der Waals surface area contributed by atoms with Crippen LogP contribution >= 0.6 is 0 Å². The second-order valence-electron chi connectivity index (χ2n) is 4.27. The Morgan fingerprint density at radius 1 is 1.23 bits per heavy atom. The predicted octanol–water partition coefficient (Wildman–Crippen LogP) is 0.709. The lowest BCUT2D eigenvalue weighted by Gasteiger charge is -2.30. The number of hydrogen-bond acceptors (Lipinski definition) is 3. The summed E-state index contributed by atoms with van der Waals surface area (Å²) in [5.74, 6) is 0. The summed E-state index contributed by atoms with van der Waals surface area (Å²) in [6.45, 7) is 9.44. The molecule has 3 heteroatoms. The number of nitrogens with zero attached hydrogens (tertiary/aromatic N) is 1. The van der Waals surface area contributed by atoms with Gasteiger partial charge in [-0.3, -0.25) is 0 Å². The van der Waals surface area contributed by atoms with Gasteiger partial charge in [-0.1, -0.05) is 20.8 Å². The molecule has 0 unspecified atom stereocenters. The van der Waals surface area contributed by atoms with Crippen LogP contribution < -0.4 is 0 Å². The van der Waals surface area contributed by atoms with E-state index in [1.807, 2.05) is 0 Å². The Hall–Kier alpha value is -0.120. The maximum absolute atomic E-state index is 9.09. The lowest BCUT2D eigenvalue weighted by molar-refractivity contribution is 0.101. The van der Waals surface area contributed by atoms with Crippen molar-refractivity contribution in [3.63, 3.8) is 0 Å². The van der Waals surface area contributed by atoms with E-state index in [0.29, 0.717) is 0 Å². The molecule has 0 rings (SSSR count). The van der Waals surface area contributed by atoms with Gasteiger partial charge in [0.05, 0.1) is 0 Å². The van der Waals surface area contributed by atoms with Crippen molar-refractivity contribution < 1.29 is 10.2 Å². The van der Waals surface area contributed by atoms with E-state index in [1.54, 1.807) is 0 Å². The first-order valence-electron chi connectivity index (χ1n) is 5.00. The van der Waals surface area contributed by atoms with E-state index in [-0.39, 0.29) is 18.6 Å². The van der Waals surface area contributed by atoms with Crippen LogP contribution in [0, 0.1) is 5.41 Å². The lowest BCUT2D eigenvalue weighted by atomic mass is 9.94. The van der Waals surface area contributed by atoms with Crippen LogP contribution in [0.2, 0.25) is 0 Å². The molecule has 0 spiro atoms. The molecule has 0 aliphatic rings. The highest BCUT2D eigenvalue weighted by molar-refractivity contribution is 4.72. The van der Waals surface area contributed by atoms with Gasteiger partial charge in [0.2, 0.25) is 0 Å². The van der Waals surface area contributed by atoms with Crippen molar-refractivity contribution in [1.29, 1.82) is 0 Å². The molecule has 0 aromatic rings. The standard InChI is InChI=1S/C10H23NO2/c1-4-11(6-5-7-12)8-10(2,3)9-13/h12-13H,4-9H2,1-3H3. The molecule has 0 fully saturated rings. The van der Waals surface area contributed by atoms with E-state index in [1.165, 1.54) is 0 Å². The third-order valence-corrected chi connectivity index (χ3v) is 2.16. The molecule has 0 bridgehead atoms. The van der Waals surface area contributed by atoms with Crippen LogP contribution in [0.4, 0.5) is 0 Å². The van der Waals surface area contributed by atoms with Crippen molar-refractivity contribution in [3.8, 4) is 0 Å². The second kappa shape index (κ2) is 6.35. The van der Waals surface area contributed by atoms with Crippen LogP contribution in [-0.4, -0.2) is 48.0 Å². The van der Waals surface area contributed by atoms with E-state index in [0.717, 1.165) is 26.1 Å². The molecule has 0 aromatic carbocycles. The number of rotatable bonds is 7. The number of aliphatic hydroxyl groups excluding tert-OH is 2. The average molecular weight is 189 g/mol. The fourth-order valence-corrected chi connectivity index (χ4v) is 1.30. The van der Waals surface area contributed by atoms with Crippen molar-refractivity contribution >= 4 is 0 Å². The van der Waals surface area contributed by atoms with Crippen molar-refractivity contribution in [3.05, 3.63) is 0 Å². The summed E-state index contributed by atoms with van der Waals surface area (Å²) in [6.07, 6.45) is 0.815. The minimum absolute atomic E-state index is 0.0362. The Labute approximate surface area is 81.4 Å². The largest absolute Gasteiger partial charge is 0.396 e. The quantitative estimate of drug-likeness (QED) is 0.620. The van der Waals surface area contributed by atoms with Crippen LogP contribution in [0.5, 0.6) is 0 Å². The van der Waals surface area contributed by atoms with Crippen LogP contribution in [-0.2, 0) is 0 Å². The zero-order valence-electron chi connectivity index (χ0n) is 9.08. The summed E-state index contributed by atoms with van der Waals surface area (Å²) < 4.78 is 0. The molecule has 3 nitrogen and oxygen atoms in total. The number of aliphatic hydroxyl groups is 2. The smallest absolute Gasteiger partial charge is 0.0494 e. The third kappa shape index (κ3) is 6.02. The summed E-state index contributed by atoms with van der Waals surface area (Å²) in [7, 11) is 0. The third-order valence-electron chi connectivity index (χ3n) is 2.16. The van der Waals surface area contributed by atoms with Gasteiger partial charge in [-0.15, -0.1) is 0 Å². The fourth-order valence-electron chi connectivity index (χ4n) is 1.30. The first kappa shape index (κ1) is 12.9. The van der Waals surface area contributed by atoms with Crippen molar-refractivity contribution in [2.75, 3.05) is 32.8 Å². The predicted molar refractivity (Wildman–Crippen MR) is 54.7 cm³/mol. The Morgan fingerprint density at radius 2 is 1.85 bits per heavy atom. The van der Waals surface area contributed by atoms with Gasteiger partial charge in [-0.05, 0) is 13.0 Å². The molecule has 0 aliphatic carbocycles. The van der Waals surface area contributed by atoms with E-state index >= 15 is 0 Å². The summed E-state index contributed by atoms with van der Waals surface area (Å²) in [6, 6.07) is 0. The summed E-state index contributed by atoms with van der Waals surface area (Å²) in [5.41, 5.74) is -0.0362. The van der Waals surface area contributed by atoms with E-state index in [9.17, 15) is 0 Å². The second-order valence-corrected chi connectivity index (χ2v) is 4.27. The Balaban J connectivity index is 3.82. The van der Waals surface area contributed by atoms with Crippen LogP contribution in [0.25, 0.3) is 0 Å². The fraction of sp³-hybridized carbons (Fsp3) is 1.00. The summed E-state index contributed by atoms with van der Waals surface area (Å²) in [5, 5.41) is 17.8. The maximum atomic E-state index is 9.09. The molecule has 0 atom stereocenters. The molecule has 13 heavy (non-hydrogen) atoms. The van der Waals surface area contributed by atoms with Crippen LogP contribution in [0.3, 0.4) is 0 Å². The minimum Gasteiger partial charge on any atom is -0.396 e. The molecule has 80 valence electrons. The summed E-state index contributed by atoms with van der Waals surface area (Å²) in [4.78, 5) is 2.26. The highest BCUT2D eigenvalue weighted by atomic mass is 16.3. The van der Waals surface area contributed by atoms with E-state index < -0.39 is 0 Å².